The maximum atomic E-state index is 10.3. The van der Waals surface area contributed by atoms with Crippen molar-refractivity contribution < 1.29 is 4.79 Å². The molecule has 3 rings (SSSR count). The van der Waals surface area contributed by atoms with Crippen LogP contribution in [0.15, 0.2) is 11.1 Å². The van der Waals surface area contributed by atoms with Gasteiger partial charge in [-0.3, -0.25) is 0 Å². The van der Waals surface area contributed by atoms with Crippen LogP contribution in [0.1, 0.15) is 22.3 Å². The zero-order valence-corrected chi connectivity index (χ0v) is 7.26. The minimum atomic E-state index is 0.944. The Morgan fingerprint density at radius 2 is 1.69 bits per heavy atom. The largest absolute Gasteiger partial charge is 0.240 e. The molecule has 0 aliphatic heterocycles. The van der Waals surface area contributed by atoms with E-state index in [0.717, 1.165) is 31.4 Å². The molecule has 0 bridgehead atoms. The van der Waals surface area contributed by atoms with Crippen molar-refractivity contribution in [3.63, 3.8) is 0 Å². The first-order chi connectivity index (χ1) is 6.40. The summed E-state index contributed by atoms with van der Waals surface area (Å²) < 4.78 is 0. The summed E-state index contributed by atoms with van der Waals surface area (Å²) in [5.41, 5.74) is 6.32. The highest BCUT2D eigenvalue weighted by atomic mass is 16.1. The highest BCUT2D eigenvalue weighted by Gasteiger charge is 2.26. The van der Waals surface area contributed by atoms with Crippen LogP contribution < -0.4 is 0 Å². The van der Waals surface area contributed by atoms with Crippen molar-refractivity contribution in [2.45, 2.75) is 25.7 Å². The molecule has 0 spiro atoms. The summed E-state index contributed by atoms with van der Waals surface area (Å²) in [6.45, 7) is 0. The van der Waals surface area contributed by atoms with E-state index in [9.17, 15) is 4.79 Å². The predicted molar refractivity (Wildman–Crippen MR) is 49.0 cm³/mol. The lowest BCUT2D eigenvalue weighted by atomic mass is 9.76. The second kappa shape index (κ2) is 2.30. The van der Waals surface area contributed by atoms with Crippen molar-refractivity contribution in [2.24, 2.45) is 4.99 Å². The Hall–Kier alpha value is -1.40. The van der Waals surface area contributed by atoms with Gasteiger partial charge in [0.1, 0.15) is 0 Å². The van der Waals surface area contributed by atoms with Gasteiger partial charge in [-0.15, -0.1) is 0 Å². The number of hydrogen-bond donors (Lipinski definition) is 0. The van der Waals surface area contributed by atoms with E-state index in [1.807, 2.05) is 0 Å². The van der Waals surface area contributed by atoms with Crippen LogP contribution in [0.4, 0.5) is 5.69 Å². The smallest absolute Gasteiger partial charge is 0.211 e. The molecule has 2 heteroatoms. The molecule has 0 saturated carbocycles. The van der Waals surface area contributed by atoms with E-state index in [4.69, 9.17) is 0 Å². The lowest BCUT2D eigenvalue weighted by molar-refractivity contribution is 0.565. The fourth-order valence-corrected chi connectivity index (χ4v) is 2.22. The molecule has 0 radical (unpaired) electrons. The van der Waals surface area contributed by atoms with Crippen LogP contribution in [0.2, 0.25) is 0 Å². The molecule has 1 aromatic rings. The predicted octanol–water partition coefficient (Wildman–Crippen LogP) is 1.85. The number of carbonyl (C=O) groups excluding carboxylic acids is 1. The quantitative estimate of drug-likeness (QED) is 0.468. The highest BCUT2D eigenvalue weighted by Crippen LogP contribution is 2.41. The van der Waals surface area contributed by atoms with Gasteiger partial charge >= 0.3 is 0 Å². The van der Waals surface area contributed by atoms with E-state index in [0.29, 0.717) is 0 Å². The molecule has 0 fully saturated rings. The van der Waals surface area contributed by atoms with E-state index >= 15 is 0 Å². The van der Waals surface area contributed by atoms with Gasteiger partial charge in [-0.2, -0.15) is 4.99 Å². The zero-order valence-electron chi connectivity index (χ0n) is 7.26. The van der Waals surface area contributed by atoms with Gasteiger partial charge in [0.15, 0.2) is 0 Å². The number of isocyanates is 1. The van der Waals surface area contributed by atoms with Gasteiger partial charge in [0, 0.05) is 0 Å². The Balaban J connectivity index is 2.30. The Labute approximate surface area is 76.3 Å². The molecule has 2 aliphatic rings. The molecule has 0 aromatic heterocycles. The minimum absolute atomic E-state index is 0.944. The molecule has 0 heterocycles. The molecule has 0 N–H and O–H groups in total. The molecule has 2 aliphatic carbocycles. The first kappa shape index (κ1) is 7.05. The Morgan fingerprint density at radius 1 is 1.08 bits per heavy atom. The fraction of sp³-hybridized carbons (Fsp3) is 0.364. The van der Waals surface area contributed by atoms with Gasteiger partial charge in [-0.1, -0.05) is 6.07 Å². The first-order valence-electron chi connectivity index (χ1n) is 4.64. The average Bonchev–Trinajstić information content (AvgIpc) is 1.99. The molecule has 0 atom stereocenters. The van der Waals surface area contributed by atoms with Crippen molar-refractivity contribution in [2.75, 3.05) is 0 Å². The number of rotatable bonds is 1. The molecule has 2 nitrogen and oxygen atoms in total. The van der Waals surface area contributed by atoms with Crippen LogP contribution in [0.5, 0.6) is 0 Å². The van der Waals surface area contributed by atoms with Crippen LogP contribution >= 0.6 is 0 Å². The maximum Gasteiger partial charge on any atom is 0.240 e. The Kier molecular flexibility index (Phi) is 1.25. The Bertz CT molecular complexity index is 412. The number of benzene rings is 1. The van der Waals surface area contributed by atoms with Crippen molar-refractivity contribution in [3.8, 4) is 0 Å². The van der Waals surface area contributed by atoms with E-state index < -0.39 is 0 Å². The van der Waals surface area contributed by atoms with E-state index in [-0.39, 0.29) is 0 Å². The van der Waals surface area contributed by atoms with Gasteiger partial charge in [0.2, 0.25) is 6.08 Å². The molecule has 1 aromatic carbocycles. The van der Waals surface area contributed by atoms with Gasteiger partial charge < -0.3 is 0 Å². The zero-order chi connectivity index (χ0) is 8.84. The topological polar surface area (TPSA) is 29.4 Å². The summed E-state index contributed by atoms with van der Waals surface area (Å²) in [6, 6.07) is 2.28. The van der Waals surface area contributed by atoms with Crippen LogP contribution in [-0.4, -0.2) is 6.08 Å². The average molecular weight is 171 g/mol. The van der Waals surface area contributed by atoms with E-state index in [1.165, 1.54) is 22.3 Å². The van der Waals surface area contributed by atoms with Gasteiger partial charge in [0.25, 0.3) is 0 Å². The third-order valence-corrected chi connectivity index (χ3v) is 3.14. The number of nitrogens with zero attached hydrogens (tertiary/aromatic N) is 1. The molecule has 64 valence electrons. The summed E-state index contributed by atoms with van der Waals surface area (Å²) in [7, 11) is 0. The number of hydrogen-bond acceptors (Lipinski definition) is 2. The Morgan fingerprint density at radius 3 is 2.08 bits per heavy atom. The summed E-state index contributed by atoms with van der Waals surface area (Å²) in [4.78, 5) is 14.1. The van der Waals surface area contributed by atoms with E-state index in [2.05, 4.69) is 11.1 Å². The van der Waals surface area contributed by atoms with E-state index in [1.54, 1.807) is 6.08 Å². The third-order valence-electron chi connectivity index (χ3n) is 3.14. The van der Waals surface area contributed by atoms with Gasteiger partial charge in [-0.05, 0) is 47.9 Å². The normalized spacial score (nSPS) is 16.0. The minimum Gasteiger partial charge on any atom is -0.211 e. The number of aryl methyl sites for hydroxylation is 2. The number of aliphatic imine (C=N–C) groups is 1. The number of fused-ring (bicyclic) bond motifs is 2. The summed E-state index contributed by atoms with van der Waals surface area (Å²) in [6.07, 6.45) is 6.15. The lowest BCUT2D eigenvalue weighted by Crippen LogP contribution is -2.17. The van der Waals surface area contributed by atoms with Gasteiger partial charge in [-0.25, -0.2) is 4.79 Å². The molecule has 0 amide bonds. The summed E-state index contributed by atoms with van der Waals surface area (Å²) >= 11 is 0. The highest BCUT2D eigenvalue weighted by molar-refractivity contribution is 5.68. The second-order valence-corrected chi connectivity index (χ2v) is 3.70. The summed E-state index contributed by atoms with van der Waals surface area (Å²) in [5, 5.41) is 0. The monoisotopic (exact) mass is 171 g/mol. The first-order valence-corrected chi connectivity index (χ1v) is 4.64. The van der Waals surface area contributed by atoms with Crippen LogP contribution in [0.25, 0.3) is 0 Å². The van der Waals surface area contributed by atoms with Crippen molar-refractivity contribution >= 4 is 11.8 Å². The molecular weight excluding hydrogens is 162 g/mol. The SMILES string of the molecule is O=C=Nc1c2c(cc3c1CC3)CC2. The van der Waals surface area contributed by atoms with Crippen molar-refractivity contribution in [1.29, 1.82) is 0 Å². The van der Waals surface area contributed by atoms with Crippen LogP contribution in [-0.2, 0) is 30.5 Å². The standard InChI is InChI=1S/C11H9NO/c13-6-12-11-9-3-1-7(9)5-8-2-4-10(8)11/h5H,1-4H2. The third kappa shape index (κ3) is 0.785. The lowest BCUT2D eigenvalue weighted by Gasteiger charge is -2.29. The second-order valence-electron chi connectivity index (χ2n) is 3.70. The molecule has 0 unspecified atom stereocenters. The fourth-order valence-electron chi connectivity index (χ4n) is 2.22. The molecule has 13 heavy (non-hydrogen) atoms. The van der Waals surface area contributed by atoms with Crippen molar-refractivity contribution in [1.82, 2.24) is 0 Å². The van der Waals surface area contributed by atoms with Crippen LogP contribution in [0.3, 0.4) is 0 Å². The van der Waals surface area contributed by atoms with Crippen molar-refractivity contribution in [3.05, 3.63) is 28.3 Å². The maximum absolute atomic E-state index is 10.3. The van der Waals surface area contributed by atoms with Crippen LogP contribution in [0, 0.1) is 0 Å². The molecular formula is C11H9NO. The van der Waals surface area contributed by atoms with Gasteiger partial charge in [0.05, 0.1) is 5.69 Å². The molecule has 0 saturated heterocycles. The summed E-state index contributed by atoms with van der Waals surface area (Å²) in [5.74, 6) is 0.